The van der Waals surface area contributed by atoms with Gasteiger partial charge in [-0.2, -0.15) is 0 Å². The highest BCUT2D eigenvalue weighted by molar-refractivity contribution is 6.07. The molecular formula is C8H9N3O3. The van der Waals surface area contributed by atoms with Crippen LogP contribution < -0.4 is 5.48 Å². The number of fused-ring (bicyclic) bond motifs is 1. The summed E-state index contributed by atoms with van der Waals surface area (Å²) >= 11 is 0. The summed E-state index contributed by atoms with van der Waals surface area (Å²) in [5, 5.41) is 14.4. The molecule has 0 aromatic rings. The van der Waals surface area contributed by atoms with Crippen molar-refractivity contribution in [2.45, 2.75) is 19.4 Å². The summed E-state index contributed by atoms with van der Waals surface area (Å²) < 4.78 is 0. The van der Waals surface area contributed by atoms with Crippen molar-refractivity contribution in [3.05, 3.63) is 33.5 Å². The zero-order chi connectivity index (χ0) is 10.1. The number of oxime groups is 1. The van der Waals surface area contributed by atoms with Crippen LogP contribution in [0.15, 0.2) is 28.6 Å². The van der Waals surface area contributed by atoms with Gasteiger partial charge < -0.3 is 0 Å². The van der Waals surface area contributed by atoms with Gasteiger partial charge in [-0.05, 0) is 12.0 Å². The van der Waals surface area contributed by atoms with Gasteiger partial charge in [0.05, 0.1) is 4.92 Å². The SMILES string of the molecule is CCC1=CC=C([N+](=O)[O-])C2NON=C12. The van der Waals surface area contributed by atoms with Crippen LogP contribution in [0, 0.1) is 10.1 Å². The topological polar surface area (TPSA) is 76.8 Å². The van der Waals surface area contributed by atoms with Crippen molar-refractivity contribution < 1.29 is 9.86 Å². The standard InChI is InChI=1S/C8H9N3O3/c1-2-5-3-4-6(11(12)13)8-7(5)9-14-10-8/h3-4,8,10H,2H2,1H3. The maximum absolute atomic E-state index is 10.6. The molecule has 0 spiro atoms. The minimum absolute atomic E-state index is 0.0680. The van der Waals surface area contributed by atoms with Crippen molar-refractivity contribution >= 4 is 5.71 Å². The van der Waals surface area contributed by atoms with Crippen LogP contribution in [0.25, 0.3) is 0 Å². The molecule has 0 saturated heterocycles. The summed E-state index contributed by atoms with van der Waals surface area (Å²) in [6.07, 6.45) is 3.98. The molecule has 74 valence electrons. The summed E-state index contributed by atoms with van der Waals surface area (Å²) in [6.45, 7) is 1.97. The highest BCUT2D eigenvalue weighted by Gasteiger charge is 2.37. The third-order valence-electron chi connectivity index (χ3n) is 2.26. The molecule has 1 unspecified atom stereocenters. The molecular weight excluding hydrogens is 186 g/mol. The Balaban J connectivity index is 2.40. The van der Waals surface area contributed by atoms with Crippen LogP contribution in [0.3, 0.4) is 0 Å². The van der Waals surface area contributed by atoms with E-state index in [0.29, 0.717) is 5.71 Å². The van der Waals surface area contributed by atoms with Crippen LogP contribution in [0.5, 0.6) is 0 Å². The molecule has 6 nitrogen and oxygen atoms in total. The third kappa shape index (κ3) is 1.20. The Kier molecular flexibility index (Phi) is 2.05. The zero-order valence-corrected chi connectivity index (χ0v) is 7.56. The highest BCUT2D eigenvalue weighted by atomic mass is 16.8. The second-order valence-electron chi connectivity index (χ2n) is 3.01. The number of nitrogens with zero attached hydrogens (tertiary/aromatic N) is 2. The molecule has 0 amide bonds. The zero-order valence-electron chi connectivity index (χ0n) is 7.56. The van der Waals surface area contributed by atoms with Crippen LogP contribution in [-0.2, 0) is 4.94 Å². The van der Waals surface area contributed by atoms with Crippen molar-refractivity contribution in [3.8, 4) is 0 Å². The maximum Gasteiger partial charge on any atom is 0.272 e. The van der Waals surface area contributed by atoms with E-state index in [1.54, 1.807) is 6.08 Å². The number of nitrogens with one attached hydrogen (secondary N) is 1. The second kappa shape index (κ2) is 3.22. The Bertz CT molecular complexity index is 370. The Morgan fingerprint density at radius 3 is 3.14 bits per heavy atom. The molecule has 2 aliphatic rings. The first kappa shape index (κ1) is 8.89. The fourth-order valence-corrected chi connectivity index (χ4v) is 1.51. The third-order valence-corrected chi connectivity index (χ3v) is 2.26. The van der Waals surface area contributed by atoms with E-state index in [1.807, 2.05) is 6.92 Å². The lowest BCUT2D eigenvalue weighted by atomic mass is 9.94. The van der Waals surface area contributed by atoms with Crippen LogP contribution in [0.1, 0.15) is 13.3 Å². The second-order valence-corrected chi connectivity index (χ2v) is 3.01. The van der Waals surface area contributed by atoms with Crippen molar-refractivity contribution in [1.82, 2.24) is 5.48 Å². The quantitative estimate of drug-likeness (QED) is 0.521. The van der Waals surface area contributed by atoms with Crippen LogP contribution >= 0.6 is 0 Å². The Morgan fingerprint density at radius 2 is 2.50 bits per heavy atom. The summed E-state index contributed by atoms with van der Waals surface area (Å²) in [4.78, 5) is 14.9. The normalized spacial score (nSPS) is 24.4. The van der Waals surface area contributed by atoms with Gasteiger partial charge in [-0.25, -0.2) is 0 Å². The van der Waals surface area contributed by atoms with Gasteiger partial charge in [-0.3, -0.25) is 15.1 Å². The van der Waals surface area contributed by atoms with E-state index in [1.165, 1.54) is 6.08 Å². The van der Waals surface area contributed by atoms with Gasteiger partial charge in [0.1, 0.15) is 5.71 Å². The lowest BCUT2D eigenvalue weighted by molar-refractivity contribution is -0.429. The minimum Gasteiger partial charge on any atom is -0.298 e. The first-order valence-corrected chi connectivity index (χ1v) is 4.29. The van der Waals surface area contributed by atoms with E-state index >= 15 is 0 Å². The van der Waals surface area contributed by atoms with Crippen molar-refractivity contribution in [1.29, 1.82) is 0 Å². The number of allylic oxidation sites excluding steroid dienone is 2. The van der Waals surface area contributed by atoms with Gasteiger partial charge in [0.25, 0.3) is 5.70 Å². The maximum atomic E-state index is 10.6. The predicted molar refractivity (Wildman–Crippen MR) is 48.9 cm³/mol. The molecule has 1 N–H and O–H groups in total. The van der Waals surface area contributed by atoms with E-state index in [4.69, 9.17) is 0 Å². The van der Waals surface area contributed by atoms with Crippen molar-refractivity contribution in [2.24, 2.45) is 5.16 Å². The number of hydroxylamine groups is 1. The van der Waals surface area contributed by atoms with Gasteiger partial charge in [0.2, 0.25) is 0 Å². The number of nitro groups is 1. The molecule has 0 radical (unpaired) electrons. The molecule has 6 heteroatoms. The predicted octanol–water partition coefficient (Wildman–Crippen LogP) is 0.756. The average Bonchev–Trinajstić information content (AvgIpc) is 2.64. The van der Waals surface area contributed by atoms with Gasteiger partial charge in [0, 0.05) is 6.08 Å². The van der Waals surface area contributed by atoms with E-state index in [2.05, 4.69) is 15.6 Å². The Labute approximate surface area is 80.0 Å². The van der Waals surface area contributed by atoms with Crippen molar-refractivity contribution in [2.75, 3.05) is 0 Å². The molecule has 0 bridgehead atoms. The molecule has 0 aromatic heterocycles. The van der Waals surface area contributed by atoms with E-state index in [0.717, 1.165) is 12.0 Å². The molecule has 0 fully saturated rings. The summed E-state index contributed by atoms with van der Waals surface area (Å²) in [5.41, 5.74) is 4.14. The van der Waals surface area contributed by atoms with Gasteiger partial charge in [0.15, 0.2) is 6.04 Å². The van der Waals surface area contributed by atoms with Crippen LogP contribution in [-0.4, -0.2) is 16.7 Å². The molecule has 1 atom stereocenters. The van der Waals surface area contributed by atoms with E-state index in [9.17, 15) is 10.1 Å². The molecule has 1 aliphatic heterocycles. The van der Waals surface area contributed by atoms with Crippen LogP contribution in [0.2, 0.25) is 0 Å². The monoisotopic (exact) mass is 195 g/mol. The van der Waals surface area contributed by atoms with Crippen molar-refractivity contribution in [3.63, 3.8) is 0 Å². The number of hydrogen-bond acceptors (Lipinski definition) is 5. The Hall–Kier alpha value is -1.69. The number of rotatable bonds is 2. The first-order valence-electron chi connectivity index (χ1n) is 4.29. The van der Waals surface area contributed by atoms with Gasteiger partial charge in [-0.15, -0.1) is 5.48 Å². The molecule has 14 heavy (non-hydrogen) atoms. The average molecular weight is 195 g/mol. The van der Waals surface area contributed by atoms with E-state index in [-0.39, 0.29) is 5.70 Å². The van der Waals surface area contributed by atoms with Crippen LogP contribution in [0.4, 0.5) is 0 Å². The van der Waals surface area contributed by atoms with Gasteiger partial charge in [-0.1, -0.05) is 18.2 Å². The fourth-order valence-electron chi connectivity index (χ4n) is 1.51. The largest absolute Gasteiger partial charge is 0.298 e. The Morgan fingerprint density at radius 1 is 1.71 bits per heavy atom. The van der Waals surface area contributed by atoms with E-state index < -0.39 is 11.0 Å². The summed E-state index contributed by atoms with van der Waals surface area (Å²) in [6, 6.07) is -0.523. The lowest BCUT2D eigenvalue weighted by Crippen LogP contribution is -2.36. The lowest BCUT2D eigenvalue weighted by Gasteiger charge is -2.13. The fraction of sp³-hybridized carbons (Fsp3) is 0.375. The molecule has 1 heterocycles. The number of hydrogen-bond donors (Lipinski definition) is 1. The highest BCUT2D eigenvalue weighted by Crippen LogP contribution is 2.22. The summed E-state index contributed by atoms with van der Waals surface area (Å²) in [7, 11) is 0. The summed E-state index contributed by atoms with van der Waals surface area (Å²) in [5.74, 6) is 0. The smallest absolute Gasteiger partial charge is 0.272 e. The molecule has 0 saturated carbocycles. The van der Waals surface area contributed by atoms with Gasteiger partial charge >= 0.3 is 0 Å². The molecule has 2 rings (SSSR count). The first-order chi connectivity index (χ1) is 6.74. The minimum atomic E-state index is -0.523. The molecule has 1 aliphatic carbocycles. The molecule has 0 aromatic carbocycles.